The van der Waals surface area contributed by atoms with Crippen molar-refractivity contribution in [1.82, 2.24) is 0 Å². The van der Waals surface area contributed by atoms with Crippen molar-refractivity contribution in [2.45, 2.75) is 231 Å². The molecule has 2 N–H and O–H groups in total. The maximum atomic E-state index is 10.4. The Hall–Kier alpha value is -1.21. The number of ether oxygens (including phenoxy) is 2. The van der Waals surface area contributed by atoms with Gasteiger partial charge in [0.15, 0.2) is 0 Å². The molecule has 0 aliphatic rings. The molecule has 9 heteroatoms. The fraction of sp³-hybridized carbons (Fsp3) is 0.720. The first-order chi connectivity index (χ1) is 28.2. The van der Waals surface area contributed by atoms with Crippen molar-refractivity contribution in [1.29, 1.82) is 0 Å². The molecule has 0 aliphatic carbocycles. The Morgan fingerprint density at radius 3 is 1.00 bits per heavy atom. The molecule has 0 aromatic heterocycles. The van der Waals surface area contributed by atoms with Crippen LogP contribution < -0.4 is 10.2 Å². The van der Waals surface area contributed by atoms with E-state index in [2.05, 4.69) is 62.4 Å². The summed E-state index contributed by atoms with van der Waals surface area (Å²) in [5.41, 5.74) is 2.50. The number of aliphatic hydroxyl groups is 2. The number of carboxylic acids is 2. The van der Waals surface area contributed by atoms with Gasteiger partial charge in [0.2, 0.25) is 0 Å². The zero-order valence-electron chi connectivity index (χ0n) is 37.3. The second kappa shape index (κ2) is 42.1. The number of rotatable bonds is 38. The molecule has 0 amide bonds. The summed E-state index contributed by atoms with van der Waals surface area (Å²) >= 11 is 0. The van der Waals surface area contributed by atoms with Crippen LogP contribution >= 0.6 is 0 Å². The molecule has 0 spiro atoms. The Bertz CT molecular complexity index is 1110. The van der Waals surface area contributed by atoms with E-state index in [0.29, 0.717) is 25.0 Å². The number of unbranched alkanes of at least 4 members (excludes halogenated alkanes) is 16. The normalized spacial score (nSPS) is 13.1. The fourth-order valence-corrected chi connectivity index (χ4v) is 7.41. The zero-order valence-corrected chi connectivity index (χ0v) is 41.8. The Labute approximate surface area is 400 Å². The second-order valence-corrected chi connectivity index (χ2v) is 16.4. The van der Waals surface area contributed by atoms with Crippen molar-refractivity contribution in [2.75, 3.05) is 0 Å². The molecular weight excluding hydrogens is 866 g/mol. The van der Waals surface area contributed by atoms with Crippen LogP contribution in [0.2, 0.25) is 0 Å². The van der Waals surface area contributed by atoms with E-state index in [1.54, 1.807) is 0 Å². The molecule has 332 valence electrons. The zero-order chi connectivity index (χ0) is 42.3. The molecule has 0 aliphatic heterocycles. The van der Waals surface area contributed by atoms with Crippen molar-refractivity contribution in [2.24, 2.45) is 0 Å². The van der Waals surface area contributed by atoms with Crippen molar-refractivity contribution >= 4 is 60.8 Å². The van der Waals surface area contributed by atoms with Gasteiger partial charge in [0.1, 0.15) is 0 Å². The SMILES string of the molecule is CCCC(CCCCCCCCCCCC(O)CC(=O)[O-])OCc1ccccc1.CCCC(CCCCCCCCCCCC(O)CC(=O)[O-])OCc1ccccc1.[Ba+2]. The molecular formula is C50H82BaO8. The van der Waals surface area contributed by atoms with E-state index in [9.17, 15) is 30.0 Å². The Morgan fingerprint density at radius 2 is 0.729 bits per heavy atom. The number of hydrogen-bond donors (Lipinski definition) is 2. The number of aliphatic carboxylic acids is 2. The Morgan fingerprint density at radius 1 is 0.458 bits per heavy atom. The number of carboxylic acid groups (broad SMARTS) is 2. The van der Waals surface area contributed by atoms with Gasteiger partial charge in [-0.1, -0.05) is 203 Å². The summed E-state index contributed by atoms with van der Waals surface area (Å²) in [5, 5.41) is 39.7. The van der Waals surface area contributed by atoms with E-state index in [4.69, 9.17) is 9.47 Å². The topological polar surface area (TPSA) is 139 Å². The molecule has 2 aromatic rings. The monoisotopic (exact) mass is 949 g/mol. The standard InChI is InChI=1S/2C25H42O4.Ba/c2*1-2-15-24(29-21-22-16-11-10-12-17-22)19-14-9-7-5-3-4-6-8-13-18-23(26)20-25(27)28;/h2*10-12,16-17,23-24,26H,2-9,13-15,18-21H2,1H3,(H,27,28);/q;;+2/p-2. The van der Waals surface area contributed by atoms with Crippen LogP contribution in [0.15, 0.2) is 60.7 Å². The predicted molar refractivity (Wildman–Crippen MR) is 238 cm³/mol. The second-order valence-electron chi connectivity index (χ2n) is 16.4. The molecule has 0 saturated carbocycles. The van der Waals surface area contributed by atoms with Crippen LogP contribution in [-0.4, -0.2) is 95.4 Å². The maximum absolute atomic E-state index is 10.4. The smallest absolute Gasteiger partial charge is 0.550 e. The van der Waals surface area contributed by atoms with Gasteiger partial charge in [-0.2, -0.15) is 0 Å². The number of carbonyl (C=O) groups is 2. The number of benzene rings is 2. The molecule has 0 saturated heterocycles. The fourth-order valence-electron chi connectivity index (χ4n) is 7.41. The first-order valence-corrected chi connectivity index (χ1v) is 23.3. The van der Waals surface area contributed by atoms with Crippen LogP contribution in [0.4, 0.5) is 0 Å². The minimum Gasteiger partial charge on any atom is -0.550 e. The molecule has 4 atom stereocenters. The number of aliphatic hydroxyl groups excluding tert-OH is 2. The van der Waals surface area contributed by atoms with Crippen molar-refractivity contribution in [3.8, 4) is 0 Å². The van der Waals surface area contributed by atoms with Crippen LogP contribution in [0.5, 0.6) is 0 Å². The third-order valence-electron chi connectivity index (χ3n) is 10.8. The maximum Gasteiger partial charge on any atom is 2.00 e. The number of carbonyl (C=O) groups excluding carboxylic acids is 2. The molecule has 2 rings (SSSR count). The van der Waals surface area contributed by atoms with Crippen LogP contribution in [-0.2, 0) is 32.3 Å². The van der Waals surface area contributed by atoms with E-state index < -0.39 is 24.1 Å². The molecule has 8 nitrogen and oxygen atoms in total. The summed E-state index contributed by atoms with van der Waals surface area (Å²) in [6, 6.07) is 20.8. The van der Waals surface area contributed by atoms with Crippen molar-refractivity contribution in [3.05, 3.63) is 71.8 Å². The summed E-state index contributed by atoms with van der Waals surface area (Å²) in [5.74, 6) is -2.33. The molecule has 2 aromatic carbocycles. The minimum absolute atomic E-state index is 0. The van der Waals surface area contributed by atoms with Gasteiger partial charge in [0.05, 0.1) is 37.6 Å². The first-order valence-electron chi connectivity index (χ1n) is 23.3. The molecule has 4 unspecified atom stereocenters. The summed E-state index contributed by atoms with van der Waals surface area (Å²) in [6.45, 7) is 5.89. The van der Waals surface area contributed by atoms with Crippen LogP contribution in [0.3, 0.4) is 0 Å². The summed E-state index contributed by atoms with van der Waals surface area (Å²) in [6.07, 6.45) is 28.4. The van der Waals surface area contributed by atoms with E-state index in [1.807, 2.05) is 12.1 Å². The van der Waals surface area contributed by atoms with Gasteiger partial charge < -0.3 is 39.5 Å². The van der Waals surface area contributed by atoms with Gasteiger partial charge in [-0.25, -0.2) is 0 Å². The average molecular weight is 949 g/mol. The van der Waals surface area contributed by atoms with Crippen molar-refractivity contribution in [3.63, 3.8) is 0 Å². The quantitative estimate of drug-likeness (QED) is 0.0501. The number of hydrogen-bond acceptors (Lipinski definition) is 8. The third kappa shape index (κ3) is 38.2. The largest absolute Gasteiger partial charge is 2.00 e. The van der Waals surface area contributed by atoms with E-state index in [0.717, 1.165) is 64.6 Å². The third-order valence-corrected chi connectivity index (χ3v) is 10.8. The van der Waals surface area contributed by atoms with Gasteiger partial charge in [-0.05, 0) is 49.7 Å². The summed E-state index contributed by atoms with van der Waals surface area (Å²) in [7, 11) is 0. The van der Waals surface area contributed by atoms with Crippen LogP contribution in [0, 0.1) is 0 Å². The van der Waals surface area contributed by atoms with E-state index >= 15 is 0 Å². The minimum atomic E-state index is -1.17. The van der Waals surface area contributed by atoms with Crippen molar-refractivity contribution < 1.29 is 39.5 Å². The van der Waals surface area contributed by atoms with Gasteiger partial charge in [-0.3, -0.25) is 0 Å². The molecule has 0 fully saturated rings. The first kappa shape index (κ1) is 57.8. The average Bonchev–Trinajstić information content (AvgIpc) is 3.20. The van der Waals surface area contributed by atoms with Gasteiger partial charge in [0.25, 0.3) is 0 Å². The van der Waals surface area contributed by atoms with Crippen LogP contribution in [0.25, 0.3) is 0 Å². The Balaban J connectivity index is 0.00000112. The summed E-state index contributed by atoms with van der Waals surface area (Å²) in [4.78, 5) is 20.8. The molecule has 59 heavy (non-hydrogen) atoms. The van der Waals surface area contributed by atoms with E-state index in [1.165, 1.54) is 114 Å². The summed E-state index contributed by atoms with van der Waals surface area (Å²) < 4.78 is 12.3. The van der Waals surface area contributed by atoms with Crippen LogP contribution in [0.1, 0.15) is 205 Å². The predicted octanol–water partition coefficient (Wildman–Crippen LogP) is 9.95. The van der Waals surface area contributed by atoms with Gasteiger partial charge >= 0.3 is 48.9 Å². The van der Waals surface area contributed by atoms with Gasteiger partial charge in [-0.15, -0.1) is 0 Å². The molecule has 0 bridgehead atoms. The van der Waals surface area contributed by atoms with E-state index in [-0.39, 0.29) is 61.7 Å². The Kier molecular flexibility index (Phi) is 41.2. The molecule has 0 heterocycles. The molecule has 0 radical (unpaired) electrons. The van der Waals surface area contributed by atoms with Gasteiger partial charge in [0, 0.05) is 24.8 Å².